The fraction of sp³-hybridized carbons (Fsp3) is 0.222. The Morgan fingerprint density at radius 1 is 0.914 bits per heavy atom. The third-order valence-corrected chi connectivity index (χ3v) is 6.71. The van der Waals surface area contributed by atoms with Gasteiger partial charge in [0, 0.05) is 16.9 Å². The number of carbonyl (C=O) groups excluding carboxylic acids is 1. The van der Waals surface area contributed by atoms with E-state index in [2.05, 4.69) is 15.5 Å². The average molecular weight is 489 g/mol. The summed E-state index contributed by atoms with van der Waals surface area (Å²) in [5.74, 6) is 1.78. The number of para-hydroxylation sites is 2. The number of nitrogens with zero attached hydrogens (tertiary/aromatic N) is 3. The third kappa shape index (κ3) is 5.17. The van der Waals surface area contributed by atoms with Gasteiger partial charge in [0.25, 0.3) is 0 Å². The summed E-state index contributed by atoms with van der Waals surface area (Å²) in [6.45, 7) is 5.84. The van der Waals surface area contributed by atoms with Gasteiger partial charge in [0.2, 0.25) is 5.91 Å². The first-order chi connectivity index (χ1) is 16.9. The van der Waals surface area contributed by atoms with E-state index in [-0.39, 0.29) is 5.91 Å². The molecule has 1 atom stereocenters. The van der Waals surface area contributed by atoms with Gasteiger partial charge in [0.1, 0.15) is 0 Å². The highest BCUT2D eigenvalue weighted by Gasteiger charge is 2.23. The molecule has 1 unspecified atom stereocenters. The second-order valence-electron chi connectivity index (χ2n) is 8.06. The van der Waals surface area contributed by atoms with Crippen molar-refractivity contribution in [2.45, 2.75) is 31.2 Å². The van der Waals surface area contributed by atoms with Gasteiger partial charge in [-0.15, -0.1) is 10.2 Å². The number of aryl methyl sites for hydroxylation is 2. The van der Waals surface area contributed by atoms with Crippen LogP contribution in [0.25, 0.3) is 17.1 Å². The largest absolute Gasteiger partial charge is 0.493 e. The van der Waals surface area contributed by atoms with E-state index in [0.29, 0.717) is 22.5 Å². The van der Waals surface area contributed by atoms with E-state index < -0.39 is 5.25 Å². The number of hydrogen-bond acceptors (Lipinski definition) is 6. The Morgan fingerprint density at radius 2 is 1.60 bits per heavy atom. The van der Waals surface area contributed by atoms with Crippen LogP contribution in [-0.4, -0.2) is 40.1 Å². The van der Waals surface area contributed by atoms with Gasteiger partial charge in [0.15, 0.2) is 22.5 Å². The van der Waals surface area contributed by atoms with Gasteiger partial charge in [-0.3, -0.25) is 9.36 Å². The zero-order valence-corrected chi connectivity index (χ0v) is 21.2. The molecule has 0 bridgehead atoms. The molecule has 1 aromatic heterocycles. The summed E-state index contributed by atoms with van der Waals surface area (Å²) in [6.07, 6.45) is 0. The molecule has 35 heavy (non-hydrogen) atoms. The molecule has 0 radical (unpaired) electrons. The van der Waals surface area contributed by atoms with E-state index in [9.17, 15) is 4.79 Å². The first kappa shape index (κ1) is 24.3. The number of anilines is 1. The molecule has 7 nitrogen and oxygen atoms in total. The second-order valence-corrected chi connectivity index (χ2v) is 9.37. The molecular weight excluding hydrogens is 460 g/mol. The summed E-state index contributed by atoms with van der Waals surface area (Å²) in [6, 6.07) is 21.4. The Bertz CT molecular complexity index is 1320. The van der Waals surface area contributed by atoms with Crippen LogP contribution in [0.5, 0.6) is 11.5 Å². The maximum Gasteiger partial charge on any atom is 0.237 e. The number of ether oxygens (including phenoxy) is 2. The van der Waals surface area contributed by atoms with Gasteiger partial charge in [0.05, 0.1) is 19.5 Å². The lowest BCUT2D eigenvalue weighted by Crippen LogP contribution is -2.23. The number of amides is 1. The van der Waals surface area contributed by atoms with Gasteiger partial charge in [-0.2, -0.15) is 0 Å². The molecule has 0 spiro atoms. The molecule has 3 aromatic carbocycles. The number of nitrogens with one attached hydrogen (secondary N) is 1. The molecule has 0 aliphatic rings. The predicted molar refractivity (Wildman–Crippen MR) is 140 cm³/mol. The van der Waals surface area contributed by atoms with Gasteiger partial charge in [-0.25, -0.2) is 0 Å². The highest BCUT2D eigenvalue weighted by atomic mass is 32.2. The molecule has 0 aliphatic heterocycles. The van der Waals surface area contributed by atoms with Gasteiger partial charge in [-0.05, 0) is 62.2 Å². The van der Waals surface area contributed by atoms with Crippen LogP contribution in [0.4, 0.5) is 5.69 Å². The molecule has 0 fully saturated rings. The Labute approximate surface area is 209 Å². The van der Waals surface area contributed by atoms with E-state index in [1.807, 2.05) is 92.1 Å². The topological polar surface area (TPSA) is 78.3 Å². The lowest BCUT2D eigenvalue weighted by Gasteiger charge is -2.16. The quantitative estimate of drug-likeness (QED) is 0.321. The third-order valence-electron chi connectivity index (χ3n) is 5.67. The standard InChI is InChI=1S/C27H28N4O3S/c1-17-10-9-11-18(2)24(17)28-26(32)19(3)35-27-30-29-25(31(27)21-12-7-6-8-13-21)20-14-15-22(33-4)23(16-20)34-5/h6-16,19H,1-5H3,(H,28,32). The maximum absolute atomic E-state index is 13.1. The molecule has 0 aliphatic carbocycles. The van der Waals surface area contributed by atoms with E-state index in [0.717, 1.165) is 28.1 Å². The fourth-order valence-electron chi connectivity index (χ4n) is 3.77. The van der Waals surface area contributed by atoms with Crippen molar-refractivity contribution in [2.75, 3.05) is 19.5 Å². The zero-order valence-electron chi connectivity index (χ0n) is 20.4. The zero-order chi connectivity index (χ0) is 24.9. The maximum atomic E-state index is 13.1. The smallest absolute Gasteiger partial charge is 0.237 e. The SMILES string of the molecule is COc1ccc(-c2nnc(SC(C)C(=O)Nc3c(C)cccc3C)n2-c2ccccc2)cc1OC. The normalized spacial score (nSPS) is 11.7. The molecule has 1 N–H and O–H groups in total. The van der Waals surface area contributed by atoms with Crippen molar-refractivity contribution in [1.29, 1.82) is 0 Å². The van der Waals surface area contributed by atoms with Crippen molar-refractivity contribution < 1.29 is 14.3 Å². The number of rotatable bonds is 8. The van der Waals surface area contributed by atoms with Crippen LogP contribution in [0.2, 0.25) is 0 Å². The number of carbonyl (C=O) groups is 1. The van der Waals surface area contributed by atoms with Gasteiger partial charge in [-0.1, -0.05) is 48.2 Å². The molecule has 8 heteroatoms. The minimum absolute atomic E-state index is 0.0947. The summed E-state index contributed by atoms with van der Waals surface area (Å²) in [7, 11) is 3.20. The molecule has 1 amide bonds. The molecular formula is C27H28N4O3S. The lowest BCUT2D eigenvalue weighted by atomic mass is 10.1. The van der Waals surface area contributed by atoms with Crippen LogP contribution >= 0.6 is 11.8 Å². The first-order valence-electron chi connectivity index (χ1n) is 11.2. The minimum Gasteiger partial charge on any atom is -0.493 e. The molecule has 4 rings (SSSR count). The first-order valence-corrected chi connectivity index (χ1v) is 12.1. The Kier molecular flexibility index (Phi) is 7.41. The van der Waals surface area contributed by atoms with Crippen LogP contribution < -0.4 is 14.8 Å². The van der Waals surface area contributed by atoms with E-state index in [1.165, 1.54) is 11.8 Å². The van der Waals surface area contributed by atoms with Crippen LogP contribution in [-0.2, 0) is 4.79 Å². The fourth-order valence-corrected chi connectivity index (χ4v) is 4.63. The summed E-state index contributed by atoms with van der Waals surface area (Å²) in [4.78, 5) is 13.1. The average Bonchev–Trinajstić information content (AvgIpc) is 3.29. The van der Waals surface area contributed by atoms with Crippen molar-refractivity contribution in [1.82, 2.24) is 14.8 Å². The Balaban J connectivity index is 1.68. The molecule has 180 valence electrons. The highest BCUT2D eigenvalue weighted by Crippen LogP contribution is 2.35. The van der Waals surface area contributed by atoms with Crippen molar-refractivity contribution in [3.63, 3.8) is 0 Å². The van der Waals surface area contributed by atoms with E-state index in [4.69, 9.17) is 9.47 Å². The van der Waals surface area contributed by atoms with E-state index >= 15 is 0 Å². The van der Waals surface area contributed by atoms with Crippen LogP contribution in [0, 0.1) is 13.8 Å². The van der Waals surface area contributed by atoms with E-state index in [1.54, 1.807) is 14.2 Å². The molecule has 4 aromatic rings. The second kappa shape index (κ2) is 10.7. The molecule has 1 heterocycles. The Hall–Kier alpha value is -3.78. The number of benzene rings is 3. The van der Waals surface area contributed by atoms with Crippen LogP contribution in [0.15, 0.2) is 71.9 Å². The summed E-state index contributed by atoms with van der Waals surface area (Å²) in [5, 5.41) is 12.2. The van der Waals surface area contributed by atoms with Gasteiger partial charge >= 0.3 is 0 Å². The minimum atomic E-state index is -0.404. The number of aromatic nitrogens is 3. The Morgan fingerprint density at radius 3 is 2.26 bits per heavy atom. The predicted octanol–water partition coefficient (Wildman–Crippen LogP) is 5.69. The number of methoxy groups -OCH3 is 2. The summed E-state index contributed by atoms with van der Waals surface area (Å²) >= 11 is 1.36. The monoisotopic (exact) mass is 488 g/mol. The van der Waals surface area contributed by atoms with Crippen LogP contribution in [0.1, 0.15) is 18.1 Å². The lowest BCUT2D eigenvalue weighted by molar-refractivity contribution is -0.115. The molecule has 0 saturated carbocycles. The van der Waals surface area contributed by atoms with Crippen molar-refractivity contribution in [3.05, 3.63) is 77.9 Å². The van der Waals surface area contributed by atoms with Crippen molar-refractivity contribution in [3.8, 4) is 28.6 Å². The van der Waals surface area contributed by atoms with Crippen molar-refractivity contribution >= 4 is 23.4 Å². The molecule has 0 saturated heterocycles. The number of hydrogen-bond donors (Lipinski definition) is 1. The summed E-state index contributed by atoms with van der Waals surface area (Å²) < 4.78 is 12.8. The van der Waals surface area contributed by atoms with Crippen LogP contribution in [0.3, 0.4) is 0 Å². The highest BCUT2D eigenvalue weighted by molar-refractivity contribution is 8.00. The van der Waals surface area contributed by atoms with Crippen molar-refractivity contribution in [2.24, 2.45) is 0 Å². The number of thioether (sulfide) groups is 1. The summed E-state index contributed by atoms with van der Waals surface area (Å²) in [5.41, 5.74) is 4.61. The van der Waals surface area contributed by atoms with Gasteiger partial charge < -0.3 is 14.8 Å².